The van der Waals surface area contributed by atoms with Crippen LogP contribution in [0.4, 0.5) is 5.69 Å². The SMILES string of the molecule is O=[N+]([O-])c1ccc2nc3ccccn3c2c1. The molecule has 0 unspecified atom stereocenters. The third kappa shape index (κ3) is 1.15. The molecule has 2 heterocycles. The molecule has 0 radical (unpaired) electrons. The van der Waals surface area contributed by atoms with Crippen LogP contribution in [0, 0.1) is 10.1 Å². The Morgan fingerprint density at radius 2 is 2.12 bits per heavy atom. The second kappa shape index (κ2) is 3.03. The Morgan fingerprint density at radius 3 is 2.94 bits per heavy atom. The molecule has 0 bridgehead atoms. The smallest absolute Gasteiger partial charge is 0.271 e. The highest BCUT2D eigenvalue weighted by molar-refractivity contribution is 5.82. The maximum absolute atomic E-state index is 10.7. The molecule has 0 saturated heterocycles. The van der Waals surface area contributed by atoms with Gasteiger partial charge in [0.1, 0.15) is 5.65 Å². The lowest BCUT2D eigenvalue weighted by Gasteiger charge is -1.94. The van der Waals surface area contributed by atoms with Crippen molar-refractivity contribution < 1.29 is 4.92 Å². The summed E-state index contributed by atoms with van der Waals surface area (Å²) >= 11 is 0. The van der Waals surface area contributed by atoms with Crippen molar-refractivity contribution in [2.24, 2.45) is 0 Å². The highest BCUT2D eigenvalue weighted by Crippen LogP contribution is 2.21. The molecule has 0 aliphatic rings. The first-order chi connectivity index (χ1) is 7.75. The fourth-order valence-electron chi connectivity index (χ4n) is 1.77. The lowest BCUT2D eigenvalue weighted by molar-refractivity contribution is -0.384. The van der Waals surface area contributed by atoms with Gasteiger partial charge in [-0.3, -0.25) is 14.5 Å². The number of fused-ring (bicyclic) bond motifs is 3. The highest BCUT2D eigenvalue weighted by Gasteiger charge is 2.09. The molecule has 78 valence electrons. The van der Waals surface area contributed by atoms with E-state index in [4.69, 9.17) is 0 Å². The summed E-state index contributed by atoms with van der Waals surface area (Å²) in [6.45, 7) is 0. The summed E-state index contributed by atoms with van der Waals surface area (Å²) in [7, 11) is 0. The number of non-ortho nitro benzene ring substituents is 1. The van der Waals surface area contributed by atoms with E-state index in [0.29, 0.717) is 0 Å². The predicted molar refractivity (Wildman–Crippen MR) is 59.4 cm³/mol. The molecule has 0 fully saturated rings. The quantitative estimate of drug-likeness (QED) is 0.460. The van der Waals surface area contributed by atoms with Crippen LogP contribution in [0.2, 0.25) is 0 Å². The molecule has 0 amide bonds. The van der Waals surface area contributed by atoms with Crippen LogP contribution in [-0.2, 0) is 0 Å². The van der Waals surface area contributed by atoms with E-state index in [1.54, 1.807) is 6.07 Å². The summed E-state index contributed by atoms with van der Waals surface area (Å²) < 4.78 is 1.84. The number of nitrogens with zero attached hydrogens (tertiary/aromatic N) is 3. The minimum atomic E-state index is -0.401. The standard InChI is InChI=1S/C11H7N3O2/c15-14(16)8-4-5-9-10(7-8)13-6-2-1-3-11(13)12-9/h1-7H. The van der Waals surface area contributed by atoms with Gasteiger partial charge in [0, 0.05) is 18.3 Å². The number of rotatable bonds is 1. The number of benzene rings is 1. The number of imidazole rings is 1. The highest BCUT2D eigenvalue weighted by atomic mass is 16.6. The predicted octanol–water partition coefficient (Wildman–Crippen LogP) is 2.40. The lowest BCUT2D eigenvalue weighted by atomic mass is 10.3. The van der Waals surface area contributed by atoms with Gasteiger partial charge in [0.05, 0.1) is 16.0 Å². The summed E-state index contributed by atoms with van der Waals surface area (Å²) in [6.07, 6.45) is 1.84. The largest absolute Gasteiger partial charge is 0.299 e. The third-order valence-corrected chi connectivity index (χ3v) is 2.50. The van der Waals surface area contributed by atoms with Crippen LogP contribution in [-0.4, -0.2) is 14.3 Å². The Bertz CT molecular complexity index is 703. The van der Waals surface area contributed by atoms with E-state index in [-0.39, 0.29) is 5.69 Å². The lowest BCUT2D eigenvalue weighted by Crippen LogP contribution is -1.88. The maximum atomic E-state index is 10.7. The van der Waals surface area contributed by atoms with Crippen LogP contribution < -0.4 is 0 Å². The van der Waals surface area contributed by atoms with Gasteiger partial charge >= 0.3 is 0 Å². The molecule has 2 aromatic heterocycles. The van der Waals surface area contributed by atoms with E-state index >= 15 is 0 Å². The van der Waals surface area contributed by atoms with Crippen molar-refractivity contribution in [1.82, 2.24) is 9.38 Å². The topological polar surface area (TPSA) is 60.4 Å². The molecule has 0 aliphatic heterocycles. The van der Waals surface area contributed by atoms with Crippen molar-refractivity contribution in [3.63, 3.8) is 0 Å². The summed E-state index contributed by atoms with van der Waals surface area (Å²) in [5.74, 6) is 0. The van der Waals surface area contributed by atoms with Crippen molar-refractivity contribution in [1.29, 1.82) is 0 Å². The number of nitro benzene ring substituents is 1. The van der Waals surface area contributed by atoms with Gasteiger partial charge in [-0.2, -0.15) is 0 Å². The Morgan fingerprint density at radius 1 is 1.25 bits per heavy atom. The normalized spacial score (nSPS) is 11.0. The molecule has 0 spiro atoms. The molecule has 5 nitrogen and oxygen atoms in total. The molecular weight excluding hydrogens is 206 g/mol. The van der Waals surface area contributed by atoms with Gasteiger partial charge in [-0.25, -0.2) is 4.98 Å². The van der Waals surface area contributed by atoms with Gasteiger partial charge in [0.25, 0.3) is 5.69 Å². The van der Waals surface area contributed by atoms with Gasteiger partial charge in [-0.15, -0.1) is 0 Å². The van der Waals surface area contributed by atoms with E-state index in [0.717, 1.165) is 16.7 Å². The molecule has 0 N–H and O–H groups in total. The van der Waals surface area contributed by atoms with E-state index in [9.17, 15) is 10.1 Å². The van der Waals surface area contributed by atoms with Crippen LogP contribution in [0.3, 0.4) is 0 Å². The fourth-order valence-corrected chi connectivity index (χ4v) is 1.77. The average molecular weight is 213 g/mol. The van der Waals surface area contributed by atoms with Gasteiger partial charge in [0.2, 0.25) is 0 Å². The summed E-state index contributed by atoms with van der Waals surface area (Å²) in [5, 5.41) is 10.7. The van der Waals surface area contributed by atoms with Gasteiger partial charge < -0.3 is 0 Å². The third-order valence-electron chi connectivity index (χ3n) is 2.50. The number of hydrogen-bond acceptors (Lipinski definition) is 3. The molecule has 0 saturated carbocycles. The van der Waals surface area contributed by atoms with Crippen LogP contribution in [0.25, 0.3) is 16.7 Å². The average Bonchev–Trinajstić information content (AvgIpc) is 2.66. The number of aromatic nitrogens is 2. The molecule has 0 atom stereocenters. The first-order valence-corrected chi connectivity index (χ1v) is 4.77. The Hall–Kier alpha value is -2.43. The van der Waals surface area contributed by atoms with E-state index < -0.39 is 4.92 Å². The maximum Gasteiger partial charge on any atom is 0.271 e. The Labute approximate surface area is 90.1 Å². The monoisotopic (exact) mass is 213 g/mol. The molecule has 16 heavy (non-hydrogen) atoms. The second-order valence-electron chi connectivity index (χ2n) is 3.47. The van der Waals surface area contributed by atoms with Crippen molar-refractivity contribution in [3.8, 4) is 0 Å². The Balaban J connectivity index is 2.44. The molecule has 1 aromatic carbocycles. The fraction of sp³-hybridized carbons (Fsp3) is 0. The van der Waals surface area contributed by atoms with Crippen LogP contribution in [0.15, 0.2) is 42.6 Å². The first kappa shape index (κ1) is 8.84. The van der Waals surface area contributed by atoms with Crippen LogP contribution in [0.5, 0.6) is 0 Å². The zero-order valence-electron chi connectivity index (χ0n) is 8.20. The van der Waals surface area contributed by atoms with E-state index in [2.05, 4.69) is 4.98 Å². The van der Waals surface area contributed by atoms with Gasteiger partial charge in [0.15, 0.2) is 0 Å². The minimum absolute atomic E-state index is 0.0816. The summed E-state index contributed by atoms with van der Waals surface area (Å²) in [5.41, 5.74) is 2.39. The second-order valence-corrected chi connectivity index (χ2v) is 3.47. The Kier molecular flexibility index (Phi) is 1.67. The molecule has 0 aliphatic carbocycles. The molecular formula is C11H7N3O2. The van der Waals surface area contributed by atoms with Gasteiger partial charge in [-0.05, 0) is 18.2 Å². The molecule has 3 aromatic rings. The van der Waals surface area contributed by atoms with Crippen LogP contribution >= 0.6 is 0 Å². The zero-order valence-corrected chi connectivity index (χ0v) is 8.20. The number of nitro groups is 1. The first-order valence-electron chi connectivity index (χ1n) is 4.77. The molecule has 5 heteroatoms. The van der Waals surface area contributed by atoms with Gasteiger partial charge in [-0.1, -0.05) is 6.07 Å². The number of pyridine rings is 1. The number of hydrogen-bond donors (Lipinski definition) is 0. The van der Waals surface area contributed by atoms with Crippen molar-refractivity contribution >= 4 is 22.4 Å². The summed E-state index contributed by atoms with van der Waals surface area (Å²) in [4.78, 5) is 14.6. The minimum Gasteiger partial charge on any atom is -0.299 e. The van der Waals surface area contributed by atoms with E-state index in [1.807, 2.05) is 28.8 Å². The zero-order chi connectivity index (χ0) is 11.1. The van der Waals surface area contributed by atoms with Crippen molar-refractivity contribution in [3.05, 3.63) is 52.7 Å². The molecule has 3 rings (SSSR count). The van der Waals surface area contributed by atoms with Crippen LogP contribution in [0.1, 0.15) is 0 Å². The summed E-state index contributed by atoms with van der Waals surface area (Å²) in [6, 6.07) is 10.3. The van der Waals surface area contributed by atoms with E-state index in [1.165, 1.54) is 12.1 Å². The van der Waals surface area contributed by atoms with Crippen molar-refractivity contribution in [2.45, 2.75) is 0 Å². The van der Waals surface area contributed by atoms with Crippen molar-refractivity contribution in [2.75, 3.05) is 0 Å².